The van der Waals surface area contributed by atoms with Gasteiger partial charge in [-0.05, 0) is 39.8 Å². The molecule has 2 rings (SSSR count). The normalized spacial score (nSPS) is 11.7. The van der Waals surface area contributed by atoms with Gasteiger partial charge in [0.2, 0.25) is 0 Å². The first-order valence-corrected chi connectivity index (χ1v) is 7.35. The number of aryl methyl sites for hydroxylation is 2. The van der Waals surface area contributed by atoms with E-state index in [9.17, 15) is 14.4 Å². The molecule has 0 aliphatic carbocycles. The quantitative estimate of drug-likeness (QED) is 0.668. The number of hydrogen-bond donors (Lipinski definition) is 1. The lowest BCUT2D eigenvalue weighted by Crippen LogP contribution is -2.30. The Morgan fingerprint density at radius 3 is 2.54 bits per heavy atom. The Morgan fingerprint density at radius 2 is 1.96 bits per heavy atom. The zero-order valence-corrected chi connectivity index (χ0v) is 13.9. The lowest BCUT2D eigenvalue weighted by atomic mass is 10.1. The maximum absolute atomic E-state index is 12.2. The number of carbonyl (C=O) groups is 3. The zero-order chi connectivity index (χ0) is 17.9. The number of nitrogens with zero attached hydrogens (tertiary/aromatic N) is 1. The van der Waals surface area contributed by atoms with Crippen LogP contribution in [0.15, 0.2) is 28.8 Å². The number of amides is 1. The van der Waals surface area contributed by atoms with E-state index in [1.807, 2.05) is 0 Å². The molecule has 0 radical (unpaired) electrons. The van der Waals surface area contributed by atoms with Crippen LogP contribution in [0.4, 0.5) is 5.69 Å². The molecule has 7 heteroatoms. The van der Waals surface area contributed by atoms with Gasteiger partial charge in [-0.3, -0.25) is 9.59 Å². The third kappa shape index (κ3) is 3.87. The van der Waals surface area contributed by atoms with Gasteiger partial charge in [0, 0.05) is 11.3 Å². The van der Waals surface area contributed by atoms with Gasteiger partial charge in [-0.25, -0.2) is 4.79 Å². The fourth-order valence-electron chi connectivity index (χ4n) is 2.11. The number of Topliss-reactive ketones (excluding diaryl/α,β-unsaturated/α-hetero) is 1. The van der Waals surface area contributed by atoms with Gasteiger partial charge in [-0.1, -0.05) is 17.3 Å². The van der Waals surface area contributed by atoms with Crippen molar-refractivity contribution in [3.8, 4) is 0 Å². The van der Waals surface area contributed by atoms with Gasteiger partial charge in [0.05, 0.1) is 5.69 Å². The molecule has 1 heterocycles. The Kier molecular flexibility index (Phi) is 5.13. The van der Waals surface area contributed by atoms with Crippen molar-refractivity contribution in [2.75, 3.05) is 5.32 Å². The van der Waals surface area contributed by atoms with Gasteiger partial charge in [0.25, 0.3) is 5.91 Å². The van der Waals surface area contributed by atoms with Crippen molar-refractivity contribution in [2.45, 2.75) is 33.8 Å². The number of rotatable bonds is 5. The van der Waals surface area contributed by atoms with Crippen LogP contribution in [0.25, 0.3) is 0 Å². The standard InChI is InChI=1S/C17H18N2O5/c1-9-15(11(3)24-19-9)17(22)23-12(4)16(21)18-14-7-5-6-13(8-14)10(2)20/h5-8,12H,1-4H3,(H,18,21). The minimum Gasteiger partial charge on any atom is -0.449 e. The highest BCUT2D eigenvalue weighted by molar-refractivity contribution is 5.99. The summed E-state index contributed by atoms with van der Waals surface area (Å²) in [4.78, 5) is 35.6. The minimum absolute atomic E-state index is 0.107. The summed E-state index contributed by atoms with van der Waals surface area (Å²) in [6.45, 7) is 6.11. The van der Waals surface area contributed by atoms with Crippen molar-refractivity contribution >= 4 is 23.3 Å². The molecule has 1 N–H and O–H groups in total. The molecule has 1 aromatic carbocycles. The molecule has 0 saturated carbocycles. The van der Waals surface area contributed by atoms with Crippen molar-refractivity contribution in [1.29, 1.82) is 0 Å². The number of anilines is 1. The molecule has 1 unspecified atom stereocenters. The van der Waals surface area contributed by atoms with E-state index in [4.69, 9.17) is 9.26 Å². The molecular weight excluding hydrogens is 312 g/mol. The van der Waals surface area contributed by atoms with Gasteiger partial charge in [-0.2, -0.15) is 0 Å². The Bertz CT molecular complexity index is 775. The van der Waals surface area contributed by atoms with Crippen LogP contribution in [0, 0.1) is 13.8 Å². The number of aromatic nitrogens is 1. The number of benzene rings is 1. The number of nitrogens with one attached hydrogen (secondary N) is 1. The van der Waals surface area contributed by atoms with Crippen molar-refractivity contribution in [1.82, 2.24) is 5.16 Å². The van der Waals surface area contributed by atoms with Crippen LogP contribution < -0.4 is 5.32 Å². The Hall–Kier alpha value is -2.96. The first kappa shape index (κ1) is 17.4. The van der Waals surface area contributed by atoms with Crippen molar-refractivity contribution in [3.63, 3.8) is 0 Å². The van der Waals surface area contributed by atoms with E-state index in [1.54, 1.807) is 38.1 Å². The molecule has 0 aliphatic rings. The lowest BCUT2D eigenvalue weighted by molar-refractivity contribution is -0.123. The highest BCUT2D eigenvalue weighted by atomic mass is 16.5. The maximum Gasteiger partial charge on any atom is 0.344 e. The maximum atomic E-state index is 12.2. The highest BCUT2D eigenvalue weighted by Crippen LogP contribution is 2.16. The van der Waals surface area contributed by atoms with Crippen LogP contribution in [0.1, 0.15) is 46.0 Å². The monoisotopic (exact) mass is 330 g/mol. The molecule has 0 saturated heterocycles. The first-order valence-electron chi connectivity index (χ1n) is 7.35. The summed E-state index contributed by atoms with van der Waals surface area (Å²) < 4.78 is 10.1. The molecule has 24 heavy (non-hydrogen) atoms. The zero-order valence-electron chi connectivity index (χ0n) is 13.9. The third-order valence-corrected chi connectivity index (χ3v) is 3.43. The van der Waals surface area contributed by atoms with Crippen LogP contribution in [-0.2, 0) is 9.53 Å². The summed E-state index contributed by atoms with van der Waals surface area (Å²) in [6.07, 6.45) is -1.02. The highest BCUT2D eigenvalue weighted by Gasteiger charge is 2.24. The Morgan fingerprint density at radius 1 is 1.25 bits per heavy atom. The molecule has 126 valence electrons. The summed E-state index contributed by atoms with van der Waals surface area (Å²) in [5.41, 5.74) is 1.55. The number of ether oxygens (including phenoxy) is 1. The molecule has 2 aromatic rings. The summed E-state index contributed by atoms with van der Waals surface area (Å²) in [6, 6.07) is 6.52. The van der Waals surface area contributed by atoms with E-state index in [1.165, 1.54) is 13.8 Å². The van der Waals surface area contributed by atoms with Gasteiger partial charge < -0.3 is 14.6 Å². The molecule has 1 amide bonds. The van der Waals surface area contributed by atoms with Crippen LogP contribution in [-0.4, -0.2) is 28.9 Å². The number of carbonyl (C=O) groups excluding carboxylic acids is 3. The first-order chi connectivity index (χ1) is 11.3. The third-order valence-electron chi connectivity index (χ3n) is 3.43. The molecule has 0 aliphatic heterocycles. The Labute approximate surface area is 139 Å². The summed E-state index contributed by atoms with van der Waals surface area (Å²) >= 11 is 0. The second-order valence-electron chi connectivity index (χ2n) is 5.37. The Balaban J connectivity index is 2.03. The van der Waals surface area contributed by atoms with E-state index in [0.717, 1.165) is 0 Å². The van der Waals surface area contributed by atoms with Crippen LogP contribution in [0.2, 0.25) is 0 Å². The molecule has 0 bridgehead atoms. The van der Waals surface area contributed by atoms with Crippen LogP contribution in [0.3, 0.4) is 0 Å². The largest absolute Gasteiger partial charge is 0.449 e. The topological polar surface area (TPSA) is 98.5 Å². The van der Waals surface area contributed by atoms with Crippen LogP contribution in [0.5, 0.6) is 0 Å². The summed E-state index contributed by atoms with van der Waals surface area (Å²) in [5.74, 6) is -0.953. The predicted octanol–water partition coefficient (Wildman–Crippen LogP) is 2.68. The van der Waals surface area contributed by atoms with E-state index in [-0.39, 0.29) is 11.3 Å². The average molecular weight is 330 g/mol. The average Bonchev–Trinajstić information content (AvgIpc) is 2.86. The van der Waals surface area contributed by atoms with Crippen molar-refractivity contribution in [2.24, 2.45) is 0 Å². The van der Waals surface area contributed by atoms with E-state index in [0.29, 0.717) is 22.7 Å². The second kappa shape index (κ2) is 7.08. The molecular formula is C17H18N2O5. The van der Waals surface area contributed by atoms with Gasteiger partial charge in [-0.15, -0.1) is 0 Å². The smallest absolute Gasteiger partial charge is 0.344 e. The minimum atomic E-state index is -1.02. The fraction of sp³-hybridized carbons (Fsp3) is 0.294. The SMILES string of the molecule is CC(=O)c1cccc(NC(=O)C(C)OC(=O)c2c(C)noc2C)c1. The second-order valence-corrected chi connectivity index (χ2v) is 5.37. The number of esters is 1. The van der Waals surface area contributed by atoms with Gasteiger partial charge in [0.1, 0.15) is 11.3 Å². The van der Waals surface area contributed by atoms with Gasteiger partial charge in [0.15, 0.2) is 11.9 Å². The van der Waals surface area contributed by atoms with Crippen LogP contribution >= 0.6 is 0 Å². The lowest BCUT2D eigenvalue weighted by Gasteiger charge is -2.13. The van der Waals surface area contributed by atoms with Gasteiger partial charge >= 0.3 is 5.97 Å². The molecule has 7 nitrogen and oxygen atoms in total. The van der Waals surface area contributed by atoms with Crippen molar-refractivity contribution in [3.05, 3.63) is 46.8 Å². The van der Waals surface area contributed by atoms with E-state index in [2.05, 4.69) is 10.5 Å². The summed E-state index contributed by atoms with van der Waals surface area (Å²) in [5, 5.41) is 6.28. The number of hydrogen-bond acceptors (Lipinski definition) is 6. The van der Waals surface area contributed by atoms with E-state index >= 15 is 0 Å². The molecule has 1 atom stereocenters. The molecule has 0 fully saturated rings. The summed E-state index contributed by atoms with van der Waals surface area (Å²) in [7, 11) is 0. The molecule has 0 spiro atoms. The fourth-order valence-corrected chi connectivity index (χ4v) is 2.11. The van der Waals surface area contributed by atoms with Crippen molar-refractivity contribution < 1.29 is 23.6 Å². The number of ketones is 1. The van der Waals surface area contributed by atoms with E-state index < -0.39 is 18.0 Å². The predicted molar refractivity (Wildman–Crippen MR) is 85.9 cm³/mol. The molecule has 1 aromatic heterocycles.